The van der Waals surface area contributed by atoms with Crippen LogP contribution in [-0.2, 0) is 0 Å². The van der Waals surface area contributed by atoms with E-state index in [2.05, 4.69) is 5.32 Å². The summed E-state index contributed by atoms with van der Waals surface area (Å²) < 4.78 is 26.8. The van der Waals surface area contributed by atoms with Crippen molar-refractivity contribution < 1.29 is 13.6 Å². The second kappa shape index (κ2) is 5.24. The van der Waals surface area contributed by atoms with Gasteiger partial charge in [-0.05, 0) is 24.3 Å². The van der Waals surface area contributed by atoms with Crippen LogP contribution < -0.4 is 11.1 Å². The summed E-state index contributed by atoms with van der Waals surface area (Å²) >= 11 is 5.59. The van der Waals surface area contributed by atoms with Crippen molar-refractivity contribution in [3.8, 4) is 0 Å². The molecule has 0 fully saturated rings. The summed E-state index contributed by atoms with van der Waals surface area (Å²) in [6.07, 6.45) is 0. The molecule has 2 aromatic rings. The van der Waals surface area contributed by atoms with Crippen molar-refractivity contribution in [2.45, 2.75) is 0 Å². The second-order valence-electron chi connectivity index (χ2n) is 3.76. The lowest BCUT2D eigenvalue weighted by atomic mass is 10.1. The van der Waals surface area contributed by atoms with Gasteiger partial charge in [-0.2, -0.15) is 0 Å². The van der Waals surface area contributed by atoms with E-state index in [4.69, 9.17) is 17.3 Å². The molecule has 0 radical (unpaired) electrons. The van der Waals surface area contributed by atoms with Crippen LogP contribution >= 0.6 is 11.6 Å². The van der Waals surface area contributed by atoms with Crippen LogP contribution in [-0.4, -0.2) is 5.91 Å². The van der Waals surface area contributed by atoms with Crippen molar-refractivity contribution in [2.24, 2.45) is 0 Å². The van der Waals surface area contributed by atoms with Gasteiger partial charge in [-0.25, -0.2) is 8.78 Å². The molecule has 0 aliphatic heterocycles. The van der Waals surface area contributed by atoms with Gasteiger partial charge < -0.3 is 11.1 Å². The van der Waals surface area contributed by atoms with Crippen LogP contribution in [0, 0.1) is 11.6 Å². The Labute approximate surface area is 113 Å². The van der Waals surface area contributed by atoms with Crippen LogP contribution in [0.15, 0.2) is 36.4 Å². The van der Waals surface area contributed by atoms with Crippen LogP contribution in [0.25, 0.3) is 0 Å². The zero-order chi connectivity index (χ0) is 14.0. The number of para-hydroxylation sites is 1. The Balaban J connectivity index is 2.31. The fraction of sp³-hybridized carbons (Fsp3) is 0. The molecule has 0 unspecified atom stereocenters. The lowest BCUT2D eigenvalue weighted by Gasteiger charge is -2.09. The molecule has 6 heteroatoms. The molecule has 3 nitrogen and oxygen atoms in total. The molecular weight excluding hydrogens is 274 g/mol. The van der Waals surface area contributed by atoms with Crippen molar-refractivity contribution in [1.29, 1.82) is 0 Å². The average Bonchev–Trinajstić information content (AvgIpc) is 2.38. The molecule has 2 aromatic carbocycles. The SMILES string of the molecule is Nc1c(F)cccc1C(=O)Nc1cccc(Cl)c1F. The Morgan fingerprint density at radius 2 is 1.84 bits per heavy atom. The first-order valence-electron chi connectivity index (χ1n) is 5.30. The van der Waals surface area contributed by atoms with Crippen LogP contribution in [0.1, 0.15) is 10.4 Å². The van der Waals surface area contributed by atoms with E-state index in [9.17, 15) is 13.6 Å². The number of nitrogens with one attached hydrogen (secondary N) is 1. The smallest absolute Gasteiger partial charge is 0.257 e. The van der Waals surface area contributed by atoms with Gasteiger partial charge in [0.15, 0.2) is 5.82 Å². The number of carbonyl (C=O) groups is 1. The normalized spacial score (nSPS) is 10.3. The number of hydrogen-bond acceptors (Lipinski definition) is 2. The highest BCUT2D eigenvalue weighted by molar-refractivity contribution is 6.31. The minimum Gasteiger partial charge on any atom is -0.396 e. The average molecular weight is 283 g/mol. The highest BCUT2D eigenvalue weighted by atomic mass is 35.5. The summed E-state index contributed by atoms with van der Waals surface area (Å²) in [7, 11) is 0. The fourth-order valence-corrected chi connectivity index (χ4v) is 1.70. The Morgan fingerprint density at radius 3 is 2.58 bits per heavy atom. The first-order chi connectivity index (χ1) is 9.00. The first-order valence-corrected chi connectivity index (χ1v) is 5.68. The number of nitrogens with two attached hydrogens (primary N) is 1. The van der Waals surface area contributed by atoms with E-state index in [1.165, 1.54) is 30.3 Å². The number of carbonyl (C=O) groups excluding carboxylic acids is 1. The zero-order valence-corrected chi connectivity index (χ0v) is 10.3. The number of anilines is 2. The molecule has 0 saturated heterocycles. The maximum atomic E-state index is 13.6. The van der Waals surface area contributed by atoms with E-state index >= 15 is 0 Å². The predicted octanol–water partition coefficient (Wildman–Crippen LogP) is 3.45. The number of amides is 1. The number of hydrogen-bond donors (Lipinski definition) is 2. The summed E-state index contributed by atoms with van der Waals surface area (Å²) in [4.78, 5) is 11.9. The maximum absolute atomic E-state index is 13.6. The molecule has 0 aliphatic rings. The largest absolute Gasteiger partial charge is 0.396 e. The minimum absolute atomic E-state index is 0.0700. The molecule has 0 saturated carbocycles. The topological polar surface area (TPSA) is 55.1 Å². The lowest BCUT2D eigenvalue weighted by molar-refractivity contribution is 0.102. The summed E-state index contributed by atoms with van der Waals surface area (Å²) in [5, 5.41) is 2.17. The Bertz CT molecular complexity index is 647. The molecule has 98 valence electrons. The molecule has 0 bridgehead atoms. The summed E-state index contributed by atoms with van der Waals surface area (Å²) in [5.41, 5.74) is 4.99. The maximum Gasteiger partial charge on any atom is 0.257 e. The number of benzene rings is 2. The van der Waals surface area contributed by atoms with Crippen LogP contribution in [0.5, 0.6) is 0 Å². The Morgan fingerprint density at radius 1 is 1.16 bits per heavy atom. The van der Waals surface area contributed by atoms with Crippen LogP contribution in [0.4, 0.5) is 20.2 Å². The molecule has 0 spiro atoms. The molecule has 0 aliphatic carbocycles. The number of rotatable bonds is 2. The van der Waals surface area contributed by atoms with Crippen molar-refractivity contribution in [2.75, 3.05) is 11.1 Å². The van der Waals surface area contributed by atoms with Gasteiger partial charge >= 0.3 is 0 Å². The fourth-order valence-electron chi connectivity index (χ4n) is 1.53. The number of halogens is 3. The zero-order valence-electron chi connectivity index (χ0n) is 9.58. The van der Waals surface area contributed by atoms with E-state index in [0.717, 1.165) is 6.07 Å². The third kappa shape index (κ3) is 2.66. The molecule has 0 aromatic heterocycles. The van der Waals surface area contributed by atoms with Crippen molar-refractivity contribution in [1.82, 2.24) is 0 Å². The molecule has 0 heterocycles. The standard InChI is InChI=1S/C13H9ClF2N2O/c14-8-4-2-6-10(11(8)16)18-13(19)7-3-1-5-9(15)12(7)17/h1-6H,17H2,(H,18,19). The van der Waals surface area contributed by atoms with Gasteiger partial charge in [0.2, 0.25) is 0 Å². The van der Waals surface area contributed by atoms with E-state index in [1.807, 2.05) is 0 Å². The van der Waals surface area contributed by atoms with Gasteiger partial charge in [-0.3, -0.25) is 4.79 Å². The van der Waals surface area contributed by atoms with E-state index in [-0.39, 0.29) is 22.0 Å². The van der Waals surface area contributed by atoms with E-state index < -0.39 is 17.5 Å². The van der Waals surface area contributed by atoms with Crippen LogP contribution in [0.2, 0.25) is 5.02 Å². The summed E-state index contributed by atoms with van der Waals surface area (Å²) in [5.74, 6) is -2.18. The highest BCUT2D eigenvalue weighted by Crippen LogP contribution is 2.23. The predicted molar refractivity (Wildman–Crippen MR) is 70.2 cm³/mol. The third-order valence-electron chi connectivity index (χ3n) is 2.50. The van der Waals surface area contributed by atoms with Crippen molar-refractivity contribution in [3.05, 3.63) is 58.6 Å². The third-order valence-corrected chi connectivity index (χ3v) is 2.79. The quantitative estimate of drug-likeness (QED) is 0.829. The van der Waals surface area contributed by atoms with Gasteiger partial charge in [0.25, 0.3) is 5.91 Å². The van der Waals surface area contributed by atoms with Gasteiger partial charge in [0.1, 0.15) is 5.82 Å². The first kappa shape index (κ1) is 13.3. The highest BCUT2D eigenvalue weighted by Gasteiger charge is 2.15. The minimum atomic E-state index is -0.757. The Kier molecular flexibility index (Phi) is 3.66. The molecule has 19 heavy (non-hydrogen) atoms. The Hall–Kier alpha value is -2.14. The molecule has 0 atom stereocenters. The molecule has 1 amide bonds. The van der Waals surface area contributed by atoms with Gasteiger partial charge in [0.05, 0.1) is 22.0 Å². The monoisotopic (exact) mass is 282 g/mol. The lowest BCUT2D eigenvalue weighted by Crippen LogP contribution is -2.15. The molecule has 2 rings (SSSR count). The van der Waals surface area contributed by atoms with Crippen molar-refractivity contribution >= 4 is 28.9 Å². The second-order valence-corrected chi connectivity index (χ2v) is 4.16. The van der Waals surface area contributed by atoms with Crippen LogP contribution in [0.3, 0.4) is 0 Å². The molecular formula is C13H9ClF2N2O. The summed E-state index contributed by atoms with van der Waals surface area (Å²) in [6, 6.07) is 7.99. The van der Waals surface area contributed by atoms with Gasteiger partial charge in [-0.1, -0.05) is 23.7 Å². The molecule has 3 N–H and O–H groups in total. The van der Waals surface area contributed by atoms with E-state index in [1.54, 1.807) is 0 Å². The van der Waals surface area contributed by atoms with Gasteiger partial charge in [0, 0.05) is 0 Å². The number of nitrogen functional groups attached to an aromatic ring is 1. The summed E-state index contributed by atoms with van der Waals surface area (Å²) in [6.45, 7) is 0. The van der Waals surface area contributed by atoms with Gasteiger partial charge in [-0.15, -0.1) is 0 Å². The van der Waals surface area contributed by atoms with Crippen molar-refractivity contribution in [3.63, 3.8) is 0 Å². The van der Waals surface area contributed by atoms with E-state index in [0.29, 0.717) is 0 Å².